The van der Waals surface area contributed by atoms with Crippen LogP contribution < -0.4 is 5.32 Å². The van der Waals surface area contributed by atoms with Crippen molar-refractivity contribution in [3.05, 3.63) is 66.0 Å². The summed E-state index contributed by atoms with van der Waals surface area (Å²) in [5.74, 6) is -0.892. The van der Waals surface area contributed by atoms with E-state index in [1.54, 1.807) is 0 Å². The summed E-state index contributed by atoms with van der Waals surface area (Å²) >= 11 is 0. The van der Waals surface area contributed by atoms with Crippen LogP contribution in [0.15, 0.2) is 59.5 Å². The molecule has 1 saturated heterocycles. The zero-order chi connectivity index (χ0) is 20.9. The highest BCUT2D eigenvalue weighted by atomic mass is 32.2. The van der Waals surface area contributed by atoms with Crippen LogP contribution in [0.4, 0.5) is 4.39 Å². The number of nitrogens with zero attached hydrogens (tertiary/aromatic N) is 2. The number of hydrogen-bond donors (Lipinski definition) is 1. The highest BCUT2D eigenvalue weighted by molar-refractivity contribution is 7.89. The third-order valence-corrected chi connectivity index (χ3v) is 6.96. The number of hydrogen-bond acceptors (Lipinski definition) is 4. The normalized spacial score (nSPS) is 16.1. The highest BCUT2D eigenvalue weighted by Gasteiger charge is 2.26. The lowest BCUT2D eigenvalue weighted by molar-refractivity contribution is -0.121. The standard InChI is InChI=1S/C21H26FN3O3S/c1-24(29(27,28)19-11-9-18(22)10-12-19)16-21(26)23-15-20(25-13-5-6-14-25)17-7-3-2-4-8-17/h2-4,7-12,20H,5-6,13-16H2,1H3,(H,23,26). The minimum atomic E-state index is -3.86. The van der Waals surface area contributed by atoms with E-state index in [2.05, 4.69) is 10.2 Å². The van der Waals surface area contributed by atoms with E-state index in [1.807, 2.05) is 30.3 Å². The molecular formula is C21H26FN3O3S. The molecule has 2 aromatic carbocycles. The molecule has 0 spiro atoms. The molecule has 1 aliphatic heterocycles. The summed E-state index contributed by atoms with van der Waals surface area (Å²) in [7, 11) is -2.52. The zero-order valence-corrected chi connectivity index (χ0v) is 17.2. The fourth-order valence-corrected chi connectivity index (χ4v) is 4.65. The van der Waals surface area contributed by atoms with Crippen molar-refractivity contribution >= 4 is 15.9 Å². The van der Waals surface area contributed by atoms with Gasteiger partial charge in [-0.15, -0.1) is 0 Å². The fraction of sp³-hybridized carbons (Fsp3) is 0.381. The van der Waals surface area contributed by atoms with Crippen molar-refractivity contribution in [3.8, 4) is 0 Å². The van der Waals surface area contributed by atoms with Crippen LogP contribution >= 0.6 is 0 Å². The van der Waals surface area contributed by atoms with Crippen LogP contribution in [-0.2, 0) is 14.8 Å². The van der Waals surface area contributed by atoms with E-state index in [4.69, 9.17) is 0 Å². The van der Waals surface area contributed by atoms with E-state index in [9.17, 15) is 17.6 Å². The maximum atomic E-state index is 13.1. The number of likely N-dealkylation sites (N-methyl/N-ethyl adjacent to an activating group) is 1. The molecule has 1 heterocycles. The summed E-state index contributed by atoms with van der Waals surface area (Å²) in [5, 5.41) is 2.87. The van der Waals surface area contributed by atoms with Gasteiger partial charge in [-0.05, 0) is 55.8 Å². The molecule has 1 N–H and O–H groups in total. The second-order valence-corrected chi connectivity index (χ2v) is 9.23. The second kappa shape index (κ2) is 9.47. The molecule has 1 unspecified atom stereocenters. The monoisotopic (exact) mass is 419 g/mol. The lowest BCUT2D eigenvalue weighted by Gasteiger charge is -2.28. The van der Waals surface area contributed by atoms with Gasteiger partial charge in [0.25, 0.3) is 0 Å². The number of halogens is 1. The van der Waals surface area contributed by atoms with Crippen LogP contribution in [0.1, 0.15) is 24.4 Å². The van der Waals surface area contributed by atoms with Crippen molar-refractivity contribution in [3.63, 3.8) is 0 Å². The summed E-state index contributed by atoms with van der Waals surface area (Å²) in [4.78, 5) is 14.7. The van der Waals surface area contributed by atoms with Crippen LogP contribution in [0.5, 0.6) is 0 Å². The zero-order valence-electron chi connectivity index (χ0n) is 16.4. The Balaban J connectivity index is 1.62. The first kappa shape index (κ1) is 21.4. The van der Waals surface area contributed by atoms with Gasteiger partial charge in [-0.2, -0.15) is 4.31 Å². The van der Waals surface area contributed by atoms with E-state index in [0.29, 0.717) is 6.54 Å². The Hall–Kier alpha value is -2.29. The predicted octanol–water partition coefficient (Wildman–Crippen LogP) is 2.40. The third-order valence-electron chi connectivity index (χ3n) is 5.15. The summed E-state index contributed by atoms with van der Waals surface area (Å²) in [6, 6.07) is 14.6. The number of carbonyl (C=O) groups excluding carboxylic acids is 1. The number of amides is 1. The maximum Gasteiger partial charge on any atom is 0.243 e. The van der Waals surface area contributed by atoms with Gasteiger partial charge in [0, 0.05) is 13.6 Å². The van der Waals surface area contributed by atoms with Crippen LogP contribution in [-0.4, -0.2) is 56.8 Å². The lowest BCUT2D eigenvalue weighted by Crippen LogP contribution is -2.42. The molecule has 0 radical (unpaired) electrons. The van der Waals surface area contributed by atoms with Crippen molar-refractivity contribution in [1.82, 2.24) is 14.5 Å². The maximum absolute atomic E-state index is 13.1. The van der Waals surface area contributed by atoms with Gasteiger partial charge in [0.2, 0.25) is 15.9 Å². The van der Waals surface area contributed by atoms with Gasteiger partial charge in [-0.3, -0.25) is 9.69 Å². The van der Waals surface area contributed by atoms with E-state index < -0.39 is 15.8 Å². The average molecular weight is 420 g/mol. The molecule has 1 aliphatic rings. The van der Waals surface area contributed by atoms with Gasteiger partial charge < -0.3 is 5.32 Å². The second-order valence-electron chi connectivity index (χ2n) is 7.19. The fourth-order valence-electron chi connectivity index (χ4n) is 3.53. The van der Waals surface area contributed by atoms with Crippen LogP contribution in [0.25, 0.3) is 0 Å². The van der Waals surface area contributed by atoms with Gasteiger partial charge in [-0.25, -0.2) is 12.8 Å². The Kier molecular flexibility index (Phi) is 7.00. The molecule has 3 rings (SSSR count). The molecule has 1 fully saturated rings. The first-order chi connectivity index (χ1) is 13.9. The molecule has 29 heavy (non-hydrogen) atoms. The summed E-state index contributed by atoms with van der Waals surface area (Å²) in [6.07, 6.45) is 2.27. The van der Waals surface area contributed by atoms with Gasteiger partial charge in [0.1, 0.15) is 5.82 Å². The number of likely N-dealkylation sites (tertiary alicyclic amines) is 1. The molecule has 1 atom stereocenters. The van der Waals surface area contributed by atoms with Gasteiger partial charge in [0.05, 0.1) is 17.5 Å². The van der Waals surface area contributed by atoms with Crippen molar-refractivity contribution in [2.24, 2.45) is 0 Å². The molecule has 2 aromatic rings. The smallest absolute Gasteiger partial charge is 0.243 e. The Morgan fingerprint density at radius 2 is 1.72 bits per heavy atom. The molecule has 0 saturated carbocycles. The molecular weight excluding hydrogens is 393 g/mol. The molecule has 0 bridgehead atoms. The third kappa shape index (κ3) is 5.41. The molecule has 1 amide bonds. The predicted molar refractivity (Wildman–Crippen MR) is 109 cm³/mol. The molecule has 6 nitrogen and oxygen atoms in total. The van der Waals surface area contributed by atoms with E-state index in [-0.39, 0.29) is 23.4 Å². The average Bonchev–Trinajstić information content (AvgIpc) is 3.24. The molecule has 8 heteroatoms. The number of nitrogens with one attached hydrogen (secondary N) is 1. The summed E-state index contributed by atoms with van der Waals surface area (Å²) < 4.78 is 39.2. The van der Waals surface area contributed by atoms with Crippen molar-refractivity contribution in [1.29, 1.82) is 0 Å². The number of rotatable bonds is 8. The summed E-state index contributed by atoms with van der Waals surface area (Å²) in [6.45, 7) is 2.07. The SMILES string of the molecule is CN(CC(=O)NCC(c1ccccc1)N1CCCC1)S(=O)(=O)c1ccc(F)cc1. The first-order valence-electron chi connectivity index (χ1n) is 9.65. The van der Waals surface area contributed by atoms with Gasteiger partial charge >= 0.3 is 0 Å². The Morgan fingerprint density at radius 1 is 1.10 bits per heavy atom. The van der Waals surface area contributed by atoms with Crippen LogP contribution in [0.2, 0.25) is 0 Å². The lowest BCUT2D eigenvalue weighted by atomic mass is 10.1. The molecule has 0 aromatic heterocycles. The Morgan fingerprint density at radius 3 is 2.34 bits per heavy atom. The first-order valence-corrected chi connectivity index (χ1v) is 11.1. The summed E-state index contributed by atoms with van der Waals surface area (Å²) in [5.41, 5.74) is 1.13. The molecule has 0 aliphatic carbocycles. The molecule has 156 valence electrons. The highest BCUT2D eigenvalue weighted by Crippen LogP contribution is 2.24. The van der Waals surface area contributed by atoms with E-state index >= 15 is 0 Å². The largest absolute Gasteiger partial charge is 0.353 e. The number of carbonyl (C=O) groups is 1. The van der Waals surface area contributed by atoms with E-state index in [0.717, 1.165) is 47.9 Å². The van der Waals surface area contributed by atoms with Crippen molar-refractivity contribution in [2.75, 3.05) is 33.2 Å². The van der Waals surface area contributed by atoms with Crippen LogP contribution in [0.3, 0.4) is 0 Å². The van der Waals surface area contributed by atoms with Gasteiger partial charge in [-0.1, -0.05) is 30.3 Å². The topological polar surface area (TPSA) is 69.7 Å². The van der Waals surface area contributed by atoms with Crippen molar-refractivity contribution in [2.45, 2.75) is 23.8 Å². The Bertz CT molecular complexity index is 914. The number of sulfonamides is 1. The minimum Gasteiger partial charge on any atom is -0.353 e. The Labute approximate surface area is 171 Å². The minimum absolute atomic E-state index is 0.0478. The van der Waals surface area contributed by atoms with Crippen LogP contribution in [0, 0.1) is 5.82 Å². The van der Waals surface area contributed by atoms with Gasteiger partial charge in [0.15, 0.2) is 0 Å². The number of benzene rings is 2. The quantitative estimate of drug-likeness (QED) is 0.713. The van der Waals surface area contributed by atoms with E-state index in [1.165, 1.54) is 19.2 Å². The van der Waals surface area contributed by atoms with Crippen molar-refractivity contribution < 1.29 is 17.6 Å².